The van der Waals surface area contributed by atoms with Crippen LogP contribution >= 0.6 is 11.3 Å². The summed E-state index contributed by atoms with van der Waals surface area (Å²) in [5.41, 5.74) is 0. The molecule has 0 saturated carbocycles. The van der Waals surface area contributed by atoms with Crippen molar-refractivity contribution in [3.05, 3.63) is 40.3 Å². The molecular formula is C12H15N3O2S. The first-order chi connectivity index (χ1) is 8.75. The maximum atomic E-state index is 10.7. The molecule has 2 rings (SSSR count). The molecule has 0 aromatic carbocycles. The van der Waals surface area contributed by atoms with Crippen molar-refractivity contribution in [1.29, 1.82) is 0 Å². The summed E-state index contributed by atoms with van der Waals surface area (Å²) in [6, 6.07) is 5.41. The third-order valence-corrected chi connectivity index (χ3v) is 3.54. The topological polar surface area (TPSA) is 67.2 Å². The molecule has 0 unspecified atom stereocenters. The summed E-state index contributed by atoms with van der Waals surface area (Å²) in [5.74, 6) is -0.857. The Labute approximate surface area is 109 Å². The van der Waals surface area contributed by atoms with Crippen molar-refractivity contribution < 1.29 is 9.90 Å². The third-order valence-electron chi connectivity index (χ3n) is 2.47. The Morgan fingerprint density at radius 3 is 3.06 bits per heavy atom. The molecule has 0 aliphatic heterocycles. The van der Waals surface area contributed by atoms with Gasteiger partial charge in [0, 0.05) is 30.4 Å². The van der Waals surface area contributed by atoms with Crippen LogP contribution in [0.4, 0.5) is 0 Å². The molecular weight excluding hydrogens is 250 g/mol. The lowest BCUT2D eigenvalue weighted by Crippen LogP contribution is -2.16. The lowest BCUT2D eigenvalue weighted by molar-refractivity contribution is 0.0702. The molecule has 0 bridgehead atoms. The molecule has 0 radical (unpaired) electrons. The van der Waals surface area contributed by atoms with E-state index in [0.29, 0.717) is 4.88 Å². The van der Waals surface area contributed by atoms with Crippen LogP contribution in [0.1, 0.15) is 21.0 Å². The van der Waals surface area contributed by atoms with Gasteiger partial charge in [0.15, 0.2) is 0 Å². The van der Waals surface area contributed by atoms with E-state index in [4.69, 9.17) is 5.11 Å². The molecule has 2 heterocycles. The van der Waals surface area contributed by atoms with E-state index in [2.05, 4.69) is 10.4 Å². The van der Waals surface area contributed by atoms with Gasteiger partial charge < -0.3 is 10.4 Å². The van der Waals surface area contributed by atoms with Crippen LogP contribution in [0.25, 0.3) is 0 Å². The highest BCUT2D eigenvalue weighted by Crippen LogP contribution is 2.15. The van der Waals surface area contributed by atoms with E-state index in [1.54, 1.807) is 12.3 Å². The molecule has 0 saturated heterocycles. The second-order valence-corrected chi connectivity index (χ2v) is 5.04. The van der Waals surface area contributed by atoms with Crippen molar-refractivity contribution in [3.63, 3.8) is 0 Å². The Morgan fingerprint density at radius 2 is 2.39 bits per heavy atom. The SMILES string of the molecule is O=C(O)c1ccc(CNCCCn2cccn2)s1. The molecule has 2 aromatic heterocycles. The number of carboxylic acid groups (broad SMARTS) is 1. The number of aromatic carboxylic acids is 1. The zero-order valence-electron chi connectivity index (χ0n) is 9.87. The van der Waals surface area contributed by atoms with Crippen LogP contribution in [0, 0.1) is 0 Å². The van der Waals surface area contributed by atoms with Crippen LogP contribution in [0.15, 0.2) is 30.6 Å². The first-order valence-electron chi connectivity index (χ1n) is 5.76. The van der Waals surface area contributed by atoms with Crippen LogP contribution in [-0.2, 0) is 13.1 Å². The molecule has 0 aliphatic rings. The van der Waals surface area contributed by atoms with Gasteiger partial charge in [-0.05, 0) is 31.2 Å². The molecule has 0 atom stereocenters. The second-order valence-electron chi connectivity index (χ2n) is 3.87. The molecule has 0 amide bonds. The smallest absolute Gasteiger partial charge is 0.345 e. The molecule has 18 heavy (non-hydrogen) atoms. The molecule has 2 N–H and O–H groups in total. The minimum atomic E-state index is -0.857. The van der Waals surface area contributed by atoms with Crippen LogP contribution in [0.3, 0.4) is 0 Å². The predicted molar refractivity (Wildman–Crippen MR) is 69.8 cm³/mol. The molecule has 0 aliphatic carbocycles. The number of hydrogen-bond donors (Lipinski definition) is 2. The molecule has 2 aromatic rings. The zero-order chi connectivity index (χ0) is 12.8. The Bertz CT molecular complexity index is 493. The number of thiophene rings is 1. The first kappa shape index (κ1) is 12.8. The number of rotatable bonds is 7. The molecule has 0 spiro atoms. The predicted octanol–water partition coefficient (Wildman–Crippen LogP) is 1.82. The van der Waals surface area contributed by atoms with Crippen molar-refractivity contribution >= 4 is 17.3 Å². The number of nitrogens with one attached hydrogen (secondary N) is 1. The monoisotopic (exact) mass is 265 g/mol. The molecule has 6 heteroatoms. The van der Waals surface area contributed by atoms with Crippen LogP contribution in [0.5, 0.6) is 0 Å². The van der Waals surface area contributed by atoms with E-state index in [9.17, 15) is 4.79 Å². The van der Waals surface area contributed by atoms with Crippen LogP contribution < -0.4 is 5.32 Å². The van der Waals surface area contributed by atoms with Gasteiger partial charge in [0.05, 0.1) is 0 Å². The molecule has 5 nitrogen and oxygen atoms in total. The summed E-state index contributed by atoms with van der Waals surface area (Å²) < 4.78 is 1.90. The summed E-state index contributed by atoms with van der Waals surface area (Å²) >= 11 is 1.32. The minimum absolute atomic E-state index is 0.392. The number of hydrogen-bond acceptors (Lipinski definition) is 4. The Morgan fingerprint density at radius 1 is 1.50 bits per heavy atom. The van der Waals surface area contributed by atoms with Crippen LogP contribution in [-0.4, -0.2) is 27.4 Å². The lowest BCUT2D eigenvalue weighted by Gasteiger charge is -2.03. The van der Waals surface area contributed by atoms with Crippen molar-refractivity contribution in [1.82, 2.24) is 15.1 Å². The lowest BCUT2D eigenvalue weighted by atomic mass is 10.4. The van der Waals surface area contributed by atoms with Crippen molar-refractivity contribution in [2.45, 2.75) is 19.5 Å². The van der Waals surface area contributed by atoms with Gasteiger partial charge in [-0.25, -0.2) is 4.79 Å². The molecule has 0 fully saturated rings. The maximum Gasteiger partial charge on any atom is 0.345 e. The van der Waals surface area contributed by atoms with Gasteiger partial charge >= 0.3 is 5.97 Å². The zero-order valence-corrected chi connectivity index (χ0v) is 10.7. The fraction of sp³-hybridized carbons (Fsp3) is 0.333. The Kier molecular flexibility index (Phi) is 4.49. The fourth-order valence-electron chi connectivity index (χ4n) is 1.60. The van der Waals surface area contributed by atoms with Crippen molar-refractivity contribution in [2.24, 2.45) is 0 Å². The number of aryl methyl sites for hydroxylation is 1. The summed E-state index contributed by atoms with van der Waals surface area (Å²) in [5, 5.41) is 16.2. The van der Waals surface area contributed by atoms with Crippen molar-refractivity contribution in [2.75, 3.05) is 6.54 Å². The standard InChI is InChI=1S/C12H15N3O2S/c16-12(17)11-4-3-10(18-11)9-13-5-1-7-15-8-2-6-14-15/h2-4,6,8,13H,1,5,7,9H2,(H,16,17). The van der Waals surface area contributed by atoms with E-state index >= 15 is 0 Å². The average Bonchev–Trinajstić information content (AvgIpc) is 2.98. The Balaban J connectivity index is 1.64. The summed E-state index contributed by atoms with van der Waals surface area (Å²) in [6.07, 6.45) is 4.71. The van der Waals surface area contributed by atoms with E-state index in [0.717, 1.165) is 30.9 Å². The van der Waals surface area contributed by atoms with E-state index in [1.165, 1.54) is 11.3 Å². The first-order valence-corrected chi connectivity index (χ1v) is 6.57. The summed E-state index contributed by atoms with van der Waals surface area (Å²) in [7, 11) is 0. The fourth-order valence-corrected chi connectivity index (χ4v) is 2.41. The van der Waals surface area contributed by atoms with Gasteiger partial charge in [0.1, 0.15) is 4.88 Å². The largest absolute Gasteiger partial charge is 0.477 e. The quantitative estimate of drug-likeness (QED) is 0.749. The highest BCUT2D eigenvalue weighted by Gasteiger charge is 2.05. The number of carbonyl (C=O) groups is 1. The van der Waals surface area contributed by atoms with Gasteiger partial charge in [-0.3, -0.25) is 4.68 Å². The second kappa shape index (κ2) is 6.32. The average molecular weight is 265 g/mol. The molecule has 96 valence electrons. The highest BCUT2D eigenvalue weighted by atomic mass is 32.1. The van der Waals surface area contributed by atoms with Gasteiger partial charge in [-0.15, -0.1) is 11.3 Å². The van der Waals surface area contributed by atoms with Gasteiger partial charge in [0.25, 0.3) is 0 Å². The van der Waals surface area contributed by atoms with E-state index < -0.39 is 5.97 Å². The van der Waals surface area contributed by atoms with Crippen LogP contribution in [0.2, 0.25) is 0 Å². The van der Waals surface area contributed by atoms with Gasteiger partial charge in [0.2, 0.25) is 0 Å². The van der Waals surface area contributed by atoms with Crippen molar-refractivity contribution in [3.8, 4) is 0 Å². The third kappa shape index (κ3) is 3.68. The number of carboxylic acids is 1. The van der Waals surface area contributed by atoms with Gasteiger partial charge in [-0.2, -0.15) is 5.10 Å². The maximum absolute atomic E-state index is 10.7. The highest BCUT2D eigenvalue weighted by molar-refractivity contribution is 7.13. The van der Waals surface area contributed by atoms with E-state index in [-0.39, 0.29) is 0 Å². The number of aromatic nitrogens is 2. The normalized spacial score (nSPS) is 10.7. The summed E-state index contributed by atoms with van der Waals surface area (Å²) in [6.45, 7) is 2.50. The summed E-state index contributed by atoms with van der Waals surface area (Å²) in [4.78, 5) is 12.1. The van der Waals surface area contributed by atoms with E-state index in [1.807, 2.05) is 23.0 Å². The number of nitrogens with zero attached hydrogens (tertiary/aromatic N) is 2. The Hall–Kier alpha value is -1.66. The minimum Gasteiger partial charge on any atom is -0.477 e. The van der Waals surface area contributed by atoms with Gasteiger partial charge in [-0.1, -0.05) is 0 Å².